The van der Waals surface area contributed by atoms with Crippen molar-refractivity contribution in [3.05, 3.63) is 130 Å². The van der Waals surface area contributed by atoms with Crippen LogP contribution in [0.5, 0.6) is 0 Å². The largest absolute Gasteiger partial charge is 0.376 e. The van der Waals surface area contributed by atoms with Crippen molar-refractivity contribution in [2.45, 2.75) is 5.60 Å². The van der Waals surface area contributed by atoms with Crippen LogP contribution in [0.4, 0.5) is 0 Å². The normalized spacial score (nSPS) is 16.8. The van der Waals surface area contributed by atoms with Gasteiger partial charge in [0.15, 0.2) is 0 Å². The number of halogens is 1. The van der Waals surface area contributed by atoms with Crippen molar-refractivity contribution in [2.24, 2.45) is 0 Å². The molecule has 1 aliphatic rings. The first-order chi connectivity index (χ1) is 15.2. The van der Waals surface area contributed by atoms with Crippen LogP contribution in [0.2, 0.25) is 0 Å². The van der Waals surface area contributed by atoms with Gasteiger partial charge in [-0.15, -0.1) is 0 Å². The van der Waals surface area contributed by atoms with E-state index in [9.17, 15) is 5.11 Å². The Bertz CT molecular complexity index is 1460. The van der Waals surface area contributed by atoms with Gasteiger partial charge in [-0.1, -0.05) is 119 Å². The van der Waals surface area contributed by atoms with Gasteiger partial charge in [-0.25, -0.2) is 0 Å². The summed E-state index contributed by atoms with van der Waals surface area (Å²) in [6, 6.07) is 37.3. The smallest absolute Gasteiger partial charge is 0.142 e. The zero-order chi connectivity index (χ0) is 21.0. The number of rotatable bonds is 2. The highest BCUT2D eigenvalue weighted by atomic mass is 79.9. The van der Waals surface area contributed by atoms with Crippen molar-refractivity contribution in [1.29, 1.82) is 0 Å². The summed E-state index contributed by atoms with van der Waals surface area (Å²) in [4.78, 5) is 0. The quantitative estimate of drug-likeness (QED) is 0.287. The van der Waals surface area contributed by atoms with E-state index >= 15 is 0 Å². The Morgan fingerprint density at radius 3 is 1.90 bits per heavy atom. The fourth-order valence-corrected chi connectivity index (χ4v) is 5.62. The summed E-state index contributed by atoms with van der Waals surface area (Å²) >= 11 is 3.73. The van der Waals surface area contributed by atoms with Crippen LogP contribution in [0.25, 0.3) is 33.0 Å². The molecule has 5 aromatic rings. The molecule has 1 unspecified atom stereocenters. The monoisotopic (exact) mass is 462 g/mol. The van der Waals surface area contributed by atoms with E-state index in [0.29, 0.717) is 0 Å². The van der Waals surface area contributed by atoms with Crippen LogP contribution < -0.4 is 0 Å². The van der Waals surface area contributed by atoms with E-state index in [4.69, 9.17) is 0 Å². The first-order valence-electron chi connectivity index (χ1n) is 10.4. The second-order valence-corrected chi connectivity index (χ2v) is 8.85. The summed E-state index contributed by atoms with van der Waals surface area (Å²) in [6.07, 6.45) is 0. The maximum atomic E-state index is 12.5. The van der Waals surface area contributed by atoms with Gasteiger partial charge in [0.25, 0.3) is 0 Å². The zero-order valence-electron chi connectivity index (χ0n) is 16.7. The Balaban J connectivity index is 1.71. The Morgan fingerprint density at radius 2 is 1.06 bits per heavy atom. The molecule has 1 atom stereocenters. The van der Waals surface area contributed by atoms with Crippen LogP contribution in [-0.2, 0) is 5.60 Å². The van der Waals surface area contributed by atoms with Gasteiger partial charge in [0.2, 0.25) is 0 Å². The molecule has 2 heteroatoms. The van der Waals surface area contributed by atoms with Crippen LogP contribution in [0, 0.1) is 0 Å². The molecule has 1 N–H and O–H groups in total. The van der Waals surface area contributed by atoms with E-state index in [-0.39, 0.29) is 0 Å². The first-order valence-corrected chi connectivity index (χ1v) is 11.2. The first kappa shape index (κ1) is 18.6. The summed E-state index contributed by atoms with van der Waals surface area (Å²) in [5.74, 6) is 0. The highest BCUT2D eigenvalue weighted by molar-refractivity contribution is 9.10. The summed E-state index contributed by atoms with van der Waals surface area (Å²) in [5.41, 5.74) is 5.81. The maximum Gasteiger partial charge on any atom is 0.142 e. The Morgan fingerprint density at radius 1 is 0.516 bits per heavy atom. The SMILES string of the molecule is OC1(c2ccccc2-c2cccc3ccccc23)c2ccccc2-c2c(Br)cccc21. The second kappa shape index (κ2) is 6.91. The molecule has 0 heterocycles. The predicted molar refractivity (Wildman–Crippen MR) is 131 cm³/mol. The van der Waals surface area contributed by atoms with Gasteiger partial charge in [-0.3, -0.25) is 0 Å². The van der Waals surface area contributed by atoms with Crippen LogP contribution in [0.15, 0.2) is 114 Å². The second-order valence-electron chi connectivity index (χ2n) is 7.99. The highest BCUT2D eigenvalue weighted by Gasteiger charge is 2.45. The number of hydrogen-bond donors (Lipinski definition) is 1. The fourth-order valence-electron chi connectivity index (χ4n) is 5.05. The van der Waals surface area contributed by atoms with Crippen molar-refractivity contribution in [1.82, 2.24) is 0 Å². The molecular weight excluding hydrogens is 444 g/mol. The van der Waals surface area contributed by atoms with E-state index in [0.717, 1.165) is 43.4 Å². The summed E-state index contributed by atoms with van der Waals surface area (Å²) in [5, 5.41) is 14.9. The molecule has 1 nitrogen and oxygen atoms in total. The predicted octanol–water partition coefficient (Wildman–Crippen LogP) is 7.53. The average molecular weight is 463 g/mol. The van der Waals surface area contributed by atoms with E-state index in [1.807, 2.05) is 48.5 Å². The third kappa shape index (κ3) is 2.59. The fraction of sp³-hybridized carbons (Fsp3) is 0.0345. The average Bonchev–Trinajstić information content (AvgIpc) is 3.09. The highest BCUT2D eigenvalue weighted by Crippen LogP contribution is 2.54. The van der Waals surface area contributed by atoms with Crippen molar-refractivity contribution >= 4 is 26.7 Å². The van der Waals surface area contributed by atoms with Gasteiger partial charge >= 0.3 is 0 Å². The minimum absolute atomic E-state index is 0.899. The maximum absolute atomic E-state index is 12.5. The molecule has 0 fully saturated rings. The number of fused-ring (bicyclic) bond motifs is 4. The Hall–Kier alpha value is -3.20. The summed E-state index contributed by atoms with van der Waals surface area (Å²) < 4.78 is 0.996. The molecule has 148 valence electrons. The lowest BCUT2D eigenvalue weighted by molar-refractivity contribution is 0.131. The van der Waals surface area contributed by atoms with Gasteiger partial charge in [0.05, 0.1) is 0 Å². The lowest BCUT2D eigenvalue weighted by Crippen LogP contribution is -2.27. The number of aliphatic hydroxyl groups is 1. The zero-order valence-corrected chi connectivity index (χ0v) is 18.3. The topological polar surface area (TPSA) is 20.2 Å². The molecule has 1 aliphatic carbocycles. The number of hydrogen-bond acceptors (Lipinski definition) is 1. The molecular formula is C29H19BrO. The molecule has 0 saturated carbocycles. The van der Waals surface area contributed by atoms with Crippen LogP contribution in [0.1, 0.15) is 16.7 Å². The lowest BCUT2D eigenvalue weighted by Gasteiger charge is -2.29. The van der Waals surface area contributed by atoms with Crippen molar-refractivity contribution in [3.63, 3.8) is 0 Å². The molecule has 0 radical (unpaired) electrons. The molecule has 6 rings (SSSR count). The van der Waals surface area contributed by atoms with Crippen molar-refractivity contribution in [3.8, 4) is 22.3 Å². The third-order valence-electron chi connectivity index (χ3n) is 6.39. The van der Waals surface area contributed by atoms with Crippen LogP contribution in [0.3, 0.4) is 0 Å². The van der Waals surface area contributed by atoms with Gasteiger partial charge in [0, 0.05) is 26.7 Å². The van der Waals surface area contributed by atoms with E-state index < -0.39 is 5.60 Å². The lowest BCUT2D eigenvalue weighted by atomic mass is 9.79. The molecule has 0 amide bonds. The van der Waals surface area contributed by atoms with E-state index in [1.54, 1.807) is 0 Å². The molecule has 5 aromatic carbocycles. The third-order valence-corrected chi connectivity index (χ3v) is 7.05. The van der Waals surface area contributed by atoms with Crippen LogP contribution >= 0.6 is 15.9 Å². The molecule has 31 heavy (non-hydrogen) atoms. The minimum atomic E-state index is -1.23. The van der Waals surface area contributed by atoms with Gasteiger partial charge in [0.1, 0.15) is 5.60 Å². The Labute approximate surface area is 189 Å². The molecule has 0 saturated heterocycles. The molecule has 0 bridgehead atoms. The van der Waals surface area contributed by atoms with Crippen molar-refractivity contribution < 1.29 is 5.11 Å². The van der Waals surface area contributed by atoms with E-state index in [1.165, 1.54) is 10.8 Å². The van der Waals surface area contributed by atoms with Crippen molar-refractivity contribution in [2.75, 3.05) is 0 Å². The van der Waals surface area contributed by atoms with E-state index in [2.05, 4.69) is 76.6 Å². The van der Waals surface area contributed by atoms with Gasteiger partial charge in [-0.05, 0) is 33.5 Å². The van der Waals surface area contributed by atoms with Crippen LogP contribution in [-0.4, -0.2) is 5.11 Å². The standard InChI is InChI=1S/C29H19BrO/c30-27-18-8-17-26-28(27)23-13-4-6-16-25(23)29(26,31)24-15-5-3-12-22(24)21-14-7-10-19-9-1-2-11-20(19)21/h1-18,31H. The van der Waals surface area contributed by atoms with Gasteiger partial charge in [-0.2, -0.15) is 0 Å². The Kier molecular flexibility index (Phi) is 4.14. The molecule has 0 aromatic heterocycles. The minimum Gasteiger partial charge on any atom is -0.376 e. The molecule has 0 spiro atoms. The number of benzene rings is 5. The van der Waals surface area contributed by atoms with Gasteiger partial charge < -0.3 is 5.11 Å². The summed E-state index contributed by atoms with van der Waals surface area (Å²) in [7, 11) is 0. The summed E-state index contributed by atoms with van der Waals surface area (Å²) in [6.45, 7) is 0. The molecule has 0 aliphatic heterocycles.